The maximum Gasteiger partial charge on any atom is 0.245 e. The summed E-state index contributed by atoms with van der Waals surface area (Å²) in [4.78, 5) is 16.3. The van der Waals surface area contributed by atoms with Crippen molar-refractivity contribution in [2.24, 2.45) is 0 Å². The second kappa shape index (κ2) is 8.38. The minimum atomic E-state index is -0.998. The summed E-state index contributed by atoms with van der Waals surface area (Å²) >= 11 is 6.42. The number of methoxy groups -OCH3 is 1. The van der Waals surface area contributed by atoms with Crippen molar-refractivity contribution in [1.29, 1.82) is 0 Å². The molecule has 3 aromatic carbocycles. The normalized spacial score (nSPS) is 19.2. The maximum absolute atomic E-state index is 14.4. The highest BCUT2D eigenvalue weighted by molar-refractivity contribution is 6.31. The number of rotatable bonds is 6. The molecule has 3 heterocycles. The quantitative estimate of drug-likeness (QED) is 0.398. The van der Waals surface area contributed by atoms with E-state index in [1.165, 1.54) is 0 Å². The molecule has 0 aliphatic carbocycles. The number of hydrogen-bond acceptors (Lipinski definition) is 5. The summed E-state index contributed by atoms with van der Waals surface area (Å²) in [6.07, 6.45) is 3.06. The Morgan fingerprint density at radius 2 is 1.83 bits per heavy atom. The zero-order valence-electron chi connectivity index (χ0n) is 19.7. The zero-order valence-corrected chi connectivity index (χ0v) is 20.5. The van der Waals surface area contributed by atoms with Gasteiger partial charge in [0.1, 0.15) is 23.5 Å². The van der Waals surface area contributed by atoms with Gasteiger partial charge in [-0.2, -0.15) is 0 Å². The standard InChI is InChI=1S/C28H26ClNO5/c1-3-4-5-11-30-21-8-6-7-18(19-12-17(29)9-10-22(19)32-2)26(21)28(27(30)31)15-33-23-14-25-24(13-20(23)28)34-16-35-25/h6-10,12-14H,3-5,11,15-16H2,1-2H3. The molecule has 3 aromatic rings. The van der Waals surface area contributed by atoms with Crippen molar-refractivity contribution in [3.05, 3.63) is 64.7 Å². The van der Waals surface area contributed by atoms with Crippen LogP contribution in [0.25, 0.3) is 11.1 Å². The highest BCUT2D eigenvalue weighted by Gasteiger charge is 2.58. The lowest BCUT2D eigenvalue weighted by Gasteiger charge is -2.25. The van der Waals surface area contributed by atoms with E-state index in [0.717, 1.165) is 47.2 Å². The van der Waals surface area contributed by atoms with Gasteiger partial charge < -0.3 is 23.8 Å². The smallest absolute Gasteiger partial charge is 0.245 e. The van der Waals surface area contributed by atoms with Crippen LogP contribution in [0.1, 0.15) is 37.3 Å². The molecule has 1 unspecified atom stereocenters. The highest BCUT2D eigenvalue weighted by atomic mass is 35.5. The molecule has 35 heavy (non-hydrogen) atoms. The molecule has 1 spiro atoms. The van der Waals surface area contributed by atoms with E-state index in [2.05, 4.69) is 6.92 Å². The highest BCUT2D eigenvalue weighted by Crippen LogP contribution is 2.58. The second-order valence-corrected chi connectivity index (χ2v) is 9.54. The molecule has 180 valence electrons. The molecular formula is C28H26ClNO5. The molecule has 0 fully saturated rings. The molecule has 0 N–H and O–H groups in total. The van der Waals surface area contributed by atoms with Crippen LogP contribution in [0.3, 0.4) is 0 Å². The lowest BCUT2D eigenvalue weighted by atomic mass is 9.74. The van der Waals surface area contributed by atoms with Crippen molar-refractivity contribution in [1.82, 2.24) is 0 Å². The van der Waals surface area contributed by atoms with Crippen molar-refractivity contribution < 1.29 is 23.7 Å². The summed E-state index contributed by atoms with van der Waals surface area (Å²) in [5.74, 6) is 2.63. The van der Waals surface area contributed by atoms with E-state index in [9.17, 15) is 4.79 Å². The summed E-state index contributed by atoms with van der Waals surface area (Å²) in [5, 5.41) is 0.600. The number of halogens is 1. The Kier molecular flexibility index (Phi) is 5.29. The van der Waals surface area contributed by atoms with Gasteiger partial charge in [0.05, 0.1) is 7.11 Å². The van der Waals surface area contributed by atoms with Gasteiger partial charge in [-0.3, -0.25) is 4.79 Å². The summed E-state index contributed by atoms with van der Waals surface area (Å²) in [5.41, 5.74) is 3.37. The van der Waals surface area contributed by atoms with Gasteiger partial charge in [0.25, 0.3) is 0 Å². The van der Waals surface area contributed by atoms with Crippen molar-refractivity contribution in [3.8, 4) is 34.1 Å². The van der Waals surface area contributed by atoms with Crippen LogP contribution in [0.15, 0.2) is 48.5 Å². The molecule has 1 amide bonds. The Morgan fingerprint density at radius 3 is 2.63 bits per heavy atom. The molecule has 6 rings (SSSR count). The van der Waals surface area contributed by atoms with Gasteiger partial charge in [0.2, 0.25) is 12.7 Å². The Morgan fingerprint density at radius 1 is 1.00 bits per heavy atom. The van der Waals surface area contributed by atoms with Crippen LogP contribution in [0.2, 0.25) is 5.02 Å². The largest absolute Gasteiger partial charge is 0.496 e. The first kappa shape index (κ1) is 22.1. The van der Waals surface area contributed by atoms with Crippen LogP contribution in [0.4, 0.5) is 5.69 Å². The first-order valence-corrected chi connectivity index (χ1v) is 12.3. The molecule has 0 aromatic heterocycles. The Labute approximate surface area is 209 Å². The number of carbonyl (C=O) groups is 1. The van der Waals surface area contributed by atoms with E-state index in [1.807, 2.05) is 47.4 Å². The van der Waals surface area contributed by atoms with Crippen molar-refractivity contribution in [2.75, 3.05) is 32.0 Å². The van der Waals surface area contributed by atoms with Crippen LogP contribution < -0.4 is 23.8 Å². The van der Waals surface area contributed by atoms with E-state index in [0.29, 0.717) is 34.6 Å². The van der Waals surface area contributed by atoms with Gasteiger partial charge in [-0.15, -0.1) is 0 Å². The summed E-state index contributed by atoms with van der Waals surface area (Å²) in [6, 6.07) is 15.3. The Bertz CT molecular complexity index is 1340. The van der Waals surface area contributed by atoms with E-state index in [1.54, 1.807) is 13.2 Å². The Balaban J connectivity index is 1.61. The molecular weight excluding hydrogens is 466 g/mol. The third kappa shape index (κ3) is 3.19. The number of carbonyl (C=O) groups excluding carboxylic acids is 1. The van der Waals surface area contributed by atoms with E-state index in [-0.39, 0.29) is 19.3 Å². The molecule has 7 heteroatoms. The van der Waals surface area contributed by atoms with E-state index >= 15 is 0 Å². The summed E-state index contributed by atoms with van der Waals surface area (Å²) < 4.78 is 23.1. The third-order valence-corrected chi connectivity index (χ3v) is 7.42. The predicted molar refractivity (Wildman–Crippen MR) is 134 cm³/mol. The molecule has 3 aliphatic rings. The van der Waals surface area contributed by atoms with Crippen molar-refractivity contribution in [3.63, 3.8) is 0 Å². The van der Waals surface area contributed by atoms with Gasteiger partial charge in [0, 0.05) is 40.0 Å². The third-order valence-electron chi connectivity index (χ3n) is 7.19. The number of anilines is 1. The first-order valence-electron chi connectivity index (χ1n) is 11.9. The number of fused-ring (bicyclic) bond motifs is 5. The molecule has 0 radical (unpaired) electrons. The van der Waals surface area contributed by atoms with Gasteiger partial charge in [-0.05, 0) is 42.3 Å². The number of nitrogens with zero attached hydrogens (tertiary/aromatic N) is 1. The van der Waals surface area contributed by atoms with Crippen LogP contribution in [0.5, 0.6) is 23.0 Å². The second-order valence-electron chi connectivity index (χ2n) is 9.10. The number of amides is 1. The van der Waals surface area contributed by atoms with Crippen LogP contribution in [0, 0.1) is 0 Å². The molecule has 0 bridgehead atoms. The number of hydrogen-bond donors (Lipinski definition) is 0. The number of ether oxygens (including phenoxy) is 4. The van der Waals surface area contributed by atoms with Crippen molar-refractivity contribution >= 4 is 23.2 Å². The lowest BCUT2D eigenvalue weighted by Crippen LogP contribution is -2.43. The van der Waals surface area contributed by atoms with Crippen LogP contribution in [-0.4, -0.2) is 33.0 Å². The van der Waals surface area contributed by atoms with Gasteiger partial charge in [-0.25, -0.2) is 0 Å². The minimum Gasteiger partial charge on any atom is -0.496 e. The van der Waals surface area contributed by atoms with E-state index in [4.69, 9.17) is 30.5 Å². The first-order chi connectivity index (χ1) is 17.1. The maximum atomic E-state index is 14.4. The predicted octanol–water partition coefficient (Wildman–Crippen LogP) is 5.96. The molecule has 3 aliphatic heterocycles. The number of benzene rings is 3. The SMILES string of the molecule is CCCCCN1C(=O)C2(COc3cc4c(cc32)OCO4)c2c(-c3cc(Cl)ccc3OC)cccc21. The molecule has 1 atom stereocenters. The fourth-order valence-corrected chi connectivity index (χ4v) is 5.71. The minimum absolute atomic E-state index is 0.0228. The summed E-state index contributed by atoms with van der Waals surface area (Å²) in [6.45, 7) is 3.18. The number of unbranched alkanes of at least 4 members (excludes halogenated alkanes) is 2. The summed E-state index contributed by atoms with van der Waals surface area (Å²) in [7, 11) is 1.64. The van der Waals surface area contributed by atoms with E-state index < -0.39 is 5.41 Å². The lowest BCUT2D eigenvalue weighted by molar-refractivity contribution is -0.122. The fourth-order valence-electron chi connectivity index (χ4n) is 5.54. The molecule has 0 saturated heterocycles. The molecule has 6 nitrogen and oxygen atoms in total. The van der Waals surface area contributed by atoms with Crippen LogP contribution >= 0.6 is 11.6 Å². The zero-order chi connectivity index (χ0) is 24.2. The van der Waals surface area contributed by atoms with Crippen LogP contribution in [-0.2, 0) is 10.2 Å². The average molecular weight is 492 g/mol. The monoisotopic (exact) mass is 491 g/mol. The average Bonchev–Trinajstić information content (AvgIpc) is 3.55. The molecule has 0 saturated carbocycles. The van der Waals surface area contributed by atoms with Crippen molar-refractivity contribution in [2.45, 2.75) is 31.6 Å². The Hall–Kier alpha value is -3.38. The topological polar surface area (TPSA) is 57.2 Å². The van der Waals surface area contributed by atoms with Gasteiger partial charge >= 0.3 is 0 Å². The fraction of sp³-hybridized carbons (Fsp3) is 0.321. The van der Waals surface area contributed by atoms with Gasteiger partial charge in [0.15, 0.2) is 11.5 Å². The van der Waals surface area contributed by atoms with Gasteiger partial charge in [-0.1, -0.05) is 43.5 Å².